The topological polar surface area (TPSA) is 98.1 Å². The van der Waals surface area contributed by atoms with Crippen LogP contribution in [0.5, 0.6) is 0 Å². The standard InChI is InChI=1S/C18H23N5O3/c1-26-10-8-20-17(24)15-14-6-2-3-9-23(14)16(22-15)18(25)21-12-13-5-4-7-19-11-13/h4-5,7,11H,2-3,6,8-10,12H2,1H3,(H,20,24)(H,21,25). The Kier molecular flexibility index (Phi) is 5.96. The molecule has 0 saturated carbocycles. The van der Waals surface area contributed by atoms with Crippen LogP contribution < -0.4 is 10.6 Å². The predicted octanol–water partition coefficient (Wildman–Crippen LogP) is 0.921. The summed E-state index contributed by atoms with van der Waals surface area (Å²) in [5, 5.41) is 5.64. The molecular formula is C18H23N5O3. The molecule has 1 aliphatic rings. The Labute approximate surface area is 152 Å². The predicted molar refractivity (Wildman–Crippen MR) is 94.8 cm³/mol. The molecule has 8 heteroatoms. The molecule has 0 atom stereocenters. The van der Waals surface area contributed by atoms with Gasteiger partial charge in [0.25, 0.3) is 11.8 Å². The number of aromatic nitrogens is 3. The van der Waals surface area contributed by atoms with E-state index >= 15 is 0 Å². The molecule has 0 radical (unpaired) electrons. The normalized spacial score (nSPS) is 13.1. The second kappa shape index (κ2) is 8.57. The molecule has 0 saturated heterocycles. The molecule has 3 heterocycles. The summed E-state index contributed by atoms with van der Waals surface area (Å²) in [7, 11) is 1.58. The minimum Gasteiger partial charge on any atom is -0.383 e. The molecule has 0 unspecified atom stereocenters. The van der Waals surface area contributed by atoms with Crippen LogP contribution in [0.25, 0.3) is 0 Å². The maximum atomic E-state index is 12.6. The van der Waals surface area contributed by atoms with Crippen LogP contribution in [-0.4, -0.2) is 46.6 Å². The molecule has 0 aromatic carbocycles. The van der Waals surface area contributed by atoms with Gasteiger partial charge in [-0.05, 0) is 30.9 Å². The Hall–Kier alpha value is -2.74. The van der Waals surface area contributed by atoms with E-state index in [2.05, 4.69) is 20.6 Å². The fraction of sp³-hybridized carbons (Fsp3) is 0.444. The van der Waals surface area contributed by atoms with Gasteiger partial charge in [-0.2, -0.15) is 0 Å². The van der Waals surface area contributed by atoms with Crippen molar-refractivity contribution < 1.29 is 14.3 Å². The first-order chi connectivity index (χ1) is 12.7. The van der Waals surface area contributed by atoms with Crippen LogP contribution in [0.3, 0.4) is 0 Å². The number of hydrogen-bond donors (Lipinski definition) is 2. The number of carbonyl (C=O) groups is 2. The average Bonchev–Trinajstić information content (AvgIpc) is 3.07. The lowest BCUT2D eigenvalue weighted by Gasteiger charge is -2.17. The summed E-state index contributed by atoms with van der Waals surface area (Å²) >= 11 is 0. The highest BCUT2D eigenvalue weighted by Gasteiger charge is 2.27. The highest BCUT2D eigenvalue weighted by atomic mass is 16.5. The number of imidazole rings is 1. The van der Waals surface area contributed by atoms with Gasteiger partial charge in [0.2, 0.25) is 0 Å². The molecule has 138 valence electrons. The average molecular weight is 357 g/mol. The van der Waals surface area contributed by atoms with Crippen LogP contribution in [0.1, 0.15) is 45.2 Å². The van der Waals surface area contributed by atoms with Crippen LogP contribution in [0.2, 0.25) is 0 Å². The highest BCUT2D eigenvalue weighted by Crippen LogP contribution is 2.21. The SMILES string of the molecule is COCCNC(=O)c1nc(C(=O)NCc2cccnc2)n2c1CCCC2. The largest absolute Gasteiger partial charge is 0.383 e. The molecule has 2 aromatic rings. The number of ether oxygens (including phenoxy) is 1. The van der Waals surface area contributed by atoms with E-state index in [1.807, 2.05) is 16.7 Å². The number of rotatable bonds is 7. The van der Waals surface area contributed by atoms with Gasteiger partial charge in [-0.15, -0.1) is 0 Å². The van der Waals surface area contributed by atoms with E-state index in [-0.39, 0.29) is 11.8 Å². The number of pyridine rings is 1. The molecule has 2 aromatic heterocycles. The molecule has 0 bridgehead atoms. The highest BCUT2D eigenvalue weighted by molar-refractivity contribution is 5.97. The van der Waals surface area contributed by atoms with Crippen molar-refractivity contribution in [3.05, 3.63) is 47.3 Å². The quantitative estimate of drug-likeness (QED) is 0.718. The van der Waals surface area contributed by atoms with Crippen molar-refractivity contribution >= 4 is 11.8 Å². The zero-order chi connectivity index (χ0) is 18.4. The molecule has 2 N–H and O–H groups in total. The number of nitrogens with zero attached hydrogens (tertiary/aromatic N) is 3. The summed E-state index contributed by atoms with van der Waals surface area (Å²) < 4.78 is 6.82. The first kappa shape index (κ1) is 18.1. The summed E-state index contributed by atoms with van der Waals surface area (Å²) in [6, 6.07) is 3.71. The van der Waals surface area contributed by atoms with Crippen molar-refractivity contribution in [3.8, 4) is 0 Å². The molecule has 0 fully saturated rings. The molecule has 0 spiro atoms. The molecular weight excluding hydrogens is 334 g/mol. The molecule has 8 nitrogen and oxygen atoms in total. The first-order valence-electron chi connectivity index (χ1n) is 8.74. The number of methoxy groups -OCH3 is 1. The van der Waals surface area contributed by atoms with Gasteiger partial charge in [0.05, 0.1) is 12.3 Å². The van der Waals surface area contributed by atoms with Crippen LogP contribution in [0.4, 0.5) is 0 Å². The molecule has 2 amide bonds. The van der Waals surface area contributed by atoms with Crippen LogP contribution in [0, 0.1) is 0 Å². The van der Waals surface area contributed by atoms with Gasteiger partial charge < -0.3 is 19.9 Å². The summed E-state index contributed by atoms with van der Waals surface area (Å²) in [6.07, 6.45) is 6.09. The zero-order valence-corrected chi connectivity index (χ0v) is 14.8. The Morgan fingerprint density at radius 1 is 1.27 bits per heavy atom. The Bertz CT molecular complexity index is 773. The van der Waals surface area contributed by atoms with E-state index in [1.165, 1.54) is 0 Å². The third-order valence-electron chi connectivity index (χ3n) is 4.30. The van der Waals surface area contributed by atoms with Crippen LogP contribution in [0.15, 0.2) is 24.5 Å². The van der Waals surface area contributed by atoms with E-state index in [0.29, 0.717) is 37.8 Å². The number of nitrogens with one attached hydrogen (secondary N) is 2. The summed E-state index contributed by atoms with van der Waals surface area (Å²) in [5.74, 6) is -0.257. The van der Waals surface area contributed by atoms with Crippen molar-refractivity contribution in [1.29, 1.82) is 0 Å². The number of amides is 2. The van der Waals surface area contributed by atoms with Crippen LogP contribution >= 0.6 is 0 Å². The van der Waals surface area contributed by atoms with Gasteiger partial charge in [-0.1, -0.05) is 6.07 Å². The van der Waals surface area contributed by atoms with Gasteiger partial charge in [0.1, 0.15) is 5.69 Å². The van der Waals surface area contributed by atoms with Crippen molar-refractivity contribution in [2.45, 2.75) is 32.4 Å². The number of carbonyl (C=O) groups excluding carboxylic acids is 2. The van der Waals surface area contributed by atoms with Gasteiger partial charge in [-0.25, -0.2) is 4.98 Å². The third kappa shape index (κ3) is 4.08. The van der Waals surface area contributed by atoms with E-state index < -0.39 is 0 Å². The molecule has 1 aliphatic heterocycles. The Balaban J connectivity index is 1.76. The van der Waals surface area contributed by atoms with E-state index in [1.54, 1.807) is 19.5 Å². The van der Waals surface area contributed by atoms with Gasteiger partial charge in [0.15, 0.2) is 5.82 Å². The summed E-state index contributed by atoms with van der Waals surface area (Å²) in [5.41, 5.74) is 2.08. The summed E-state index contributed by atoms with van der Waals surface area (Å²) in [6.45, 7) is 1.90. The maximum absolute atomic E-state index is 12.6. The van der Waals surface area contributed by atoms with Gasteiger partial charge in [0, 0.05) is 39.1 Å². The zero-order valence-electron chi connectivity index (χ0n) is 14.8. The van der Waals surface area contributed by atoms with E-state index in [9.17, 15) is 9.59 Å². The monoisotopic (exact) mass is 357 g/mol. The molecule has 26 heavy (non-hydrogen) atoms. The van der Waals surface area contributed by atoms with Crippen molar-refractivity contribution in [2.75, 3.05) is 20.3 Å². The Morgan fingerprint density at radius 3 is 2.92 bits per heavy atom. The summed E-state index contributed by atoms with van der Waals surface area (Å²) in [4.78, 5) is 33.4. The van der Waals surface area contributed by atoms with Crippen molar-refractivity contribution in [2.24, 2.45) is 0 Å². The fourth-order valence-corrected chi connectivity index (χ4v) is 3.01. The minimum absolute atomic E-state index is 0.265. The number of fused-ring (bicyclic) bond motifs is 1. The van der Waals surface area contributed by atoms with Gasteiger partial charge >= 0.3 is 0 Å². The van der Waals surface area contributed by atoms with Crippen LogP contribution in [-0.2, 0) is 24.2 Å². The first-order valence-corrected chi connectivity index (χ1v) is 8.74. The van der Waals surface area contributed by atoms with Crippen molar-refractivity contribution in [1.82, 2.24) is 25.2 Å². The molecule has 3 rings (SSSR count). The maximum Gasteiger partial charge on any atom is 0.287 e. The second-order valence-corrected chi connectivity index (χ2v) is 6.13. The second-order valence-electron chi connectivity index (χ2n) is 6.13. The van der Waals surface area contributed by atoms with Crippen molar-refractivity contribution in [3.63, 3.8) is 0 Å². The molecule has 0 aliphatic carbocycles. The van der Waals surface area contributed by atoms with Gasteiger partial charge in [-0.3, -0.25) is 14.6 Å². The third-order valence-corrected chi connectivity index (χ3v) is 4.30. The fourth-order valence-electron chi connectivity index (χ4n) is 3.01. The lowest BCUT2D eigenvalue weighted by atomic mass is 10.1. The smallest absolute Gasteiger partial charge is 0.287 e. The lowest BCUT2D eigenvalue weighted by Crippen LogP contribution is -2.28. The Morgan fingerprint density at radius 2 is 2.15 bits per heavy atom. The van der Waals surface area contributed by atoms with E-state index in [0.717, 1.165) is 30.5 Å². The lowest BCUT2D eigenvalue weighted by molar-refractivity contribution is 0.0931. The minimum atomic E-state index is -0.284. The number of hydrogen-bond acceptors (Lipinski definition) is 5. The van der Waals surface area contributed by atoms with E-state index in [4.69, 9.17) is 4.74 Å².